The minimum absolute atomic E-state index is 0.257. The molecule has 1 aromatic heterocycles. The van der Waals surface area contributed by atoms with Crippen LogP contribution in [0.1, 0.15) is 35.7 Å². The van der Waals surface area contributed by atoms with Crippen LogP contribution in [-0.4, -0.2) is 29.0 Å². The summed E-state index contributed by atoms with van der Waals surface area (Å²) in [6.07, 6.45) is 2.63. The fourth-order valence-corrected chi connectivity index (χ4v) is 2.23. The molecule has 1 amide bonds. The molecule has 2 aromatic rings. The van der Waals surface area contributed by atoms with Crippen molar-refractivity contribution in [2.45, 2.75) is 38.8 Å². The van der Waals surface area contributed by atoms with Gasteiger partial charge in [-0.25, -0.2) is 14.2 Å². The Morgan fingerprint density at radius 3 is 2.65 bits per heavy atom. The summed E-state index contributed by atoms with van der Waals surface area (Å²) in [5.41, 5.74) is 1.04. The summed E-state index contributed by atoms with van der Waals surface area (Å²) in [6, 6.07) is 8.13. The van der Waals surface area contributed by atoms with Crippen LogP contribution in [0.15, 0.2) is 36.5 Å². The number of halogens is 1. The van der Waals surface area contributed by atoms with Crippen LogP contribution in [-0.2, 0) is 9.53 Å². The smallest absolute Gasteiger partial charge is 0.340 e. The van der Waals surface area contributed by atoms with Crippen molar-refractivity contribution in [3.8, 4) is 0 Å². The van der Waals surface area contributed by atoms with Gasteiger partial charge in [0.2, 0.25) is 0 Å². The van der Waals surface area contributed by atoms with Gasteiger partial charge < -0.3 is 15.4 Å². The van der Waals surface area contributed by atoms with Gasteiger partial charge in [-0.1, -0.05) is 6.07 Å². The van der Waals surface area contributed by atoms with Crippen LogP contribution in [0.3, 0.4) is 0 Å². The van der Waals surface area contributed by atoms with E-state index in [0.29, 0.717) is 23.1 Å². The second-order valence-electron chi connectivity index (χ2n) is 6.35. The molecule has 26 heavy (non-hydrogen) atoms. The van der Waals surface area contributed by atoms with E-state index in [1.54, 1.807) is 31.2 Å². The normalized spacial score (nSPS) is 14.4. The summed E-state index contributed by atoms with van der Waals surface area (Å²) >= 11 is 0. The van der Waals surface area contributed by atoms with Gasteiger partial charge in [0.05, 0.1) is 5.56 Å². The van der Waals surface area contributed by atoms with Crippen molar-refractivity contribution in [1.82, 2.24) is 4.98 Å². The number of aryl methyl sites for hydroxylation is 1. The Labute approximate surface area is 150 Å². The van der Waals surface area contributed by atoms with Crippen LogP contribution in [0.4, 0.5) is 15.9 Å². The zero-order valence-electron chi connectivity index (χ0n) is 14.6. The molecule has 1 heterocycles. The van der Waals surface area contributed by atoms with Crippen molar-refractivity contribution >= 4 is 23.4 Å². The number of pyridine rings is 1. The summed E-state index contributed by atoms with van der Waals surface area (Å²) in [6.45, 7) is 3.08. The quantitative estimate of drug-likeness (QED) is 0.776. The van der Waals surface area contributed by atoms with E-state index in [4.69, 9.17) is 4.74 Å². The summed E-state index contributed by atoms with van der Waals surface area (Å²) in [7, 11) is 0. The Morgan fingerprint density at radius 2 is 2.04 bits per heavy atom. The van der Waals surface area contributed by atoms with Gasteiger partial charge in [0.15, 0.2) is 6.10 Å². The molecule has 136 valence electrons. The van der Waals surface area contributed by atoms with E-state index in [0.717, 1.165) is 12.8 Å². The molecular formula is C19H20FN3O3. The Hall–Kier alpha value is -2.96. The first-order valence-electron chi connectivity index (χ1n) is 8.43. The van der Waals surface area contributed by atoms with Crippen LogP contribution in [0.5, 0.6) is 0 Å². The van der Waals surface area contributed by atoms with Crippen molar-refractivity contribution < 1.29 is 18.7 Å². The van der Waals surface area contributed by atoms with Gasteiger partial charge in [-0.05, 0) is 56.5 Å². The molecule has 6 nitrogen and oxygen atoms in total. The topological polar surface area (TPSA) is 80.3 Å². The molecule has 0 spiro atoms. The van der Waals surface area contributed by atoms with Crippen molar-refractivity contribution in [2.75, 3.05) is 10.6 Å². The van der Waals surface area contributed by atoms with Gasteiger partial charge >= 0.3 is 5.97 Å². The van der Waals surface area contributed by atoms with Crippen molar-refractivity contribution in [3.63, 3.8) is 0 Å². The highest BCUT2D eigenvalue weighted by Gasteiger charge is 2.22. The minimum Gasteiger partial charge on any atom is -0.449 e. The highest BCUT2D eigenvalue weighted by molar-refractivity contribution is 5.97. The fraction of sp³-hybridized carbons (Fsp3) is 0.316. The average molecular weight is 357 g/mol. The van der Waals surface area contributed by atoms with E-state index >= 15 is 0 Å². The number of nitrogens with zero attached hydrogens (tertiary/aromatic N) is 1. The van der Waals surface area contributed by atoms with Gasteiger partial charge in [0.1, 0.15) is 11.6 Å². The number of carbonyl (C=O) groups is 2. The van der Waals surface area contributed by atoms with Crippen LogP contribution in [0, 0.1) is 12.7 Å². The molecule has 0 aliphatic heterocycles. The molecule has 1 atom stereocenters. The zero-order valence-corrected chi connectivity index (χ0v) is 14.6. The largest absolute Gasteiger partial charge is 0.449 e. The Morgan fingerprint density at radius 1 is 1.27 bits per heavy atom. The number of esters is 1. The van der Waals surface area contributed by atoms with Crippen LogP contribution < -0.4 is 10.6 Å². The maximum Gasteiger partial charge on any atom is 0.340 e. The van der Waals surface area contributed by atoms with Gasteiger partial charge in [0, 0.05) is 17.9 Å². The van der Waals surface area contributed by atoms with Crippen molar-refractivity contribution in [2.24, 2.45) is 0 Å². The number of aromatic nitrogens is 1. The molecular weight excluding hydrogens is 337 g/mol. The number of amides is 1. The molecule has 0 radical (unpaired) electrons. The average Bonchev–Trinajstić information content (AvgIpc) is 3.42. The SMILES string of the molecule is Cc1ccc(NC(=O)C(C)OC(=O)c2ccc(NC3CC3)nc2)cc1F. The molecule has 1 aromatic carbocycles. The number of anilines is 2. The number of benzene rings is 1. The first-order chi connectivity index (χ1) is 12.4. The van der Waals surface area contributed by atoms with Gasteiger partial charge in [-0.3, -0.25) is 4.79 Å². The molecule has 1 fully saturated rings. The summed E-state index contributed by atoms with van der Waals surface area (Å²) in [4.78, 5) is 28.4. The van der Waals surface area contributed by atoms with Crippen LogP contribution in [0.2, 0.25) is 0 Å². The highest BCUT2D eigenvalue weighted by atomic mass is 19.1. The second-order valence-corrected chi connectivity index (χ2v) is 6.35. The van der Waals surface area contributed by atoms with Gasteiger partial charge in [0.25, 0.3) is 5.91 Å². The van der Waals surface area contributed by atoms with E-state index in [9.17, 15) is 14.0 Å². The molecule has 0 saturated heterocycles. The fourth-order valence-electron chi connectivity index (χ4n) is 2.23. The molecule has 7 heteroatoms. The molecule has 2 N–H and O–H groups in total. The maximum atomic E-state index is 13.5. The number of hydrogen-bond donors (Lipinski definition) is 2. The third-order valence-electron chi connectivity index (χ3n) is 4.02. The first kappa shape index (κ1) is 17.8. The molecule has 1 unspecified atom stereocenters. The summed E-state index contributed by atoms with van der Waals surface area (Å²) < 4.78 is 18.7. The Bertz CT molecular complexity index is 819. The Kier molecular flexibility index (Phi) is 5.16. The molecule has 3 rings (SSSR count). The lowest BCUT2D eigenvalue weighted by Crippen LogP contribution is -2.30. The second kappa shape index (κ2) is 7.51. The lowest BCUT2D eigenvalue weighted by Gasteiger charge is -2.14. The molecule has 0 bridgehead atoms. The molecule has 1 aliphatic rings. The summed E-state index contributed by atoms with van der Waals surface area (Å²) in [5.74, 6) is -0.899. The van der Waals surface area contributed by atoms with E-state index < -0.39 is 23.8 Å². The lowest BCUT2D eigenvalue weighted by molar-refractivity contribution is -0.123. The van der Waals surface area contributed by atoms with Crippen LogP contribution in [0.25, 0.3) is 0 Å². The summed E-state index contributed by atoms with van der Waals surface area (Å²) in [5, 5.41) is 5.74. The third-order valence-corrected chi connectivity index (χ3v) is 4.02. The minimum atomic E-state index is -1.03. The van der Waals surface area contributed by atoms with Crippen LogP contribution >= 0.6 is 0 Å². The van der Waals surface area contributed by atoms with Crippen molar-refractivity contribution in [3.05, 3.63) is 53.5 Å². The Balaban J connectivity index is 1.55. The first-order valence-corrected chi connectivity index (χ1v) is 8.43. The number of hydrogen-bond acceptors (Lipinski definition) is 5. The predicted octanol–water partition coefficient (Wildman–Crippen LogP) is 3.29. The molecule has 1 saturated carbocycles. The lowest BCUT2D eigenvalue weighted by atomic mass is 10.2. The zero-order chi connectivity index (χ0) is 18.7. The number of rotatable bonds is 6. The number of carbonyl (C=O) groups excluding carboxylic acids is 2. The number of nitrogens with one attached hydrogen (secondary N) is 2. The van der Waals surface area contributed by atoms with E-state index in [1.165, 1.54) is 19.2 Å². The van der Waals surface area contributed by atoms with E-state index in [-0.39, 0.29) is 5.56 Å². The molecule has 1 aliphatic carbocycles. The third kappa shape index (κ3) is 4.56. The van der Waals surface area contributed by atoms with E-state index in [2.05, 4.69) is 15.6 Å². The standard InChI is InChI=1S/C19H20FN3O3/c1-11-3-5-15(9-16(11)20)23-18(24)12(2)26-19(25)13-4-8-17(21-10-13)22-14-6-7-14/h3-5,8-10,12,14H,6-7H2,1-2H3,(H,21,22)(H,23,24). The van der Waals surface area contributed by atoms with Gasteiger partial charge in [-0.15, -0.1) is 0 Å². The maximum absolute atomic E-state index is 13.5. The number of ether oxygens (including phenoxy) is 1. The monoisotopic (exact) mass is 357 g/mol. The highest BCUT2D eigenvalue weighted by Crippen LogP contribution is 2.23. The predicted molar refractivity (Wildman–Crippen MR) is 95.5 cm³/mol. The van der Waals surface area contributed by atoms with Gasteiger partial charge in [-0.2, -0.15) is 0 Å². The van der Waals surface area contributed by atoms with E-state index in [1.807, 2.05) is 0 Å². The van der Waals surface area contributed by atoms with Crippen molar-refractivity contribution in [1.29, 1.82) is 0 Å².